The Bertz CT molecular complexity index is 1330. The molecule has 42 heavy (non-hydrogen) atoms. The zero-order valence-electron chi connectivity index (χ0n) is 22.6. The van der Waals surface area contributed by atoms with Gasteiger partial charge in [0.2, 0.25) is 29.5 Å². The molecule has 1 aromatic carbocycles. The van der Waals surface area contributed by atoms with E-state index in [1.54, 1.807) is 30.5 Å². The number of carbonyl (C=O) groups is 7. The first-order valence-electron chi connectivity index (χ1n) is 13.0. The molecule has 2 rings (SSSR count). The molecule has 0 aliphatic heterocycles. The Balaban J connectivity index is 2.20. The quantitative estimate of drug-likeness (QED) is 0.0918. The maximum absolute atomic E-state index is 13.2. The van der Waals surface area contributed by atoms with E-state index in [2.05, 4.69) is 20.9 Å². The Morgan fingerprint density at radius 2 is 1.26 bits per heavy atom. The monoisotopic (exact) mass is 589 g/mol. The molecule has 16 heteroatoms. The van der Waals surface area contributed by atoms with E-state index in [1.165, 1.54) is 0 Å². The van der Waals surface area contributed by atoms with Gasteiger partial charge < -0.3 is 48.3 Å². The number of carbonyl (C=O) groups excluding carboxylic acids is 5. The maximum Gasteiger partial charge on any atom is 0.326 e. The van der Waals surface area contributed by atoms with Gasteiger partial charge in [-0.1, -0.05) is 18.2 Å². The summed E-state index contributed by atoms with van der Waals surface area (Å²) in [5.41, 5.74) is 17.3. The molecule has 0 saturated carbocycles. The van der Waals surface area contributed by atoms with Crippen molar-refractivity contribution in [1.29, 1.82) is 0 Å². The van der Waals surface area contributed by atoms with Gasteiger partial charge in [-0.3, -0.25) is 28.8 Å². The molecule has 0 spiro atoms. The van der Waals surface area contributed by atoms with Gasteiger partial charge in [0.05, 0.1) is 6.04 Å². The van der Waals surface area contributed by atoms with E-state index in [1.807, 2.05) is 0 Å². The number of amides is 5. The second-order valence-electron chi connectivity index (χ2n) is 9.63. The number of aliphatic carboxylic acids is 2. The van der Waals surface area contributed by atoms with Gasteiger partial charge in [0.15, 0.2) is 0 Å². The number of primary amides is 2. The Morgan fingerprint density at radius 3 is 1.83 bits per heavy atom. The van der Waals surface area contributed by atoms with E-state index in [-0.39, 0.29) is 32.1 Å². The van der Waals surface area contributed by atoms with Gasteiger partial charge in [-0.2, -0.15) is 0 Å². The highest BCUT2D eigenvalue weighted by Crippen LogP contribution is 2.19. The number of carboxylic acids is 2. The van der Waals surface area contributed by atoms with Gasteiger partial charge in [-0.05, 0) is 30.9 Å². The maximum atomic E-state index is 13.2. The Kier molecular flexibility index (Phi) is 12.4. The zero-order chi connectivity index (χ0) is 31.4. The average molecular weight is 590 g/mol. The molecule has 16 nitrogen and oxygen atoms in total. The van der Waals surface area contributed by atoms with E-state index < -0.39 is 78.5 Å². The summed E-state index contributed by atoms with van der Waals surface area (Å²) in [6.45, 7) is 0. The molecule has 0 aliphatic carbocycles. The highest BCUT2D eigenvalue weighted by molar-refractivity contribution is 5.95. The van der Waals surface area contributed by atoms with Crippen LogP contribution < -0.4 is 33.2 Å². The third-order valence-electron chi connectivity index (χ3n) is 6.34. The summed E-state index contributed by atoms with van der Waals surface area (Å²) in [7, 11) is 0. The number of nitrogens with two attached hydrogens (primary N) is 3. The molecule has 4 atom stereocenters. The minimum atomic E-state index is -1.52. The van der Waals surface area contributed by atoms with Crippen molar-refractivity contribution in [1.82, 2.24) is 20.9 Å². The topological polar surface area (TPSA) is 290 Å². The van der Waals surface area contributed by atoms with Crippen LogP contribution in [-0.4, -0.2) is 80.8 Å². The molecule has 0 aliphatic rings. The molecule has 0 saturated heterocycles. The fourth-order valence-corrected chi connectivity index (χ4v) is 4.06. The number of benzene rings is 1. The number of hydrogen-bond acceptors (Lipinski definition) is 8. The van der Waals surface area contributed by atoms with Crippen LogP contribution in [0.4, 0.5) is 0 Å². The predicted octanol–water partition coefficient (Wildman–Crippen LogP) is -2.03. The number of para-hydroxylation sites is 1. The first-order valence-corrected chi connectivity index (χ1v) is 13.0. The SMILES string of the molecule is NC(=O)CCC(N)C(=O)NC(CCC(N)=O)C(=O)NC(CCC(=O)O)C(=O)NC(Cc1c[nH]c2ccccc12)C(=O)O. The summed E-state index contributed by atoms with van der Waals surface area (Å²) < 4.78 is 0. The summed E-state index contributed by atoms with van der Waals surface area (Å²) >= 11 is 0. The van der Waals surface area contributed by atoms with Crippen LogP contribution in [0.15, 0.2) is 30.5 Å². The fourth-order valence-electron chi connectivity index (χ4n) is 4.06. The average Bonchev–Trinajstić information content (AvgIpc) is 3.33. The molecule has 0 radical (unpaired) electrons. The van der Waals surface area contributed by atoms with Crippen LogP contribution in [0.1, 0.15) is 44.1 Å². The molecular formula is C26H35N7O9. The lowest BCUT2D eigenvalue weighted by Crippen LogP contribution is -2.57. The number of aromatic amines is 1. The largest absolute Gasteiger partial charge is 0.481 e. The highest BCUT2D eigenvalue weighted by Gasteiger charge is 2.31. The standard InChI is InChI=1S/C26H35N7O9/c27-15(5-8-20(28)34)23(38)31-17(6-9-21(29)35)24(39)32-18(7-10-22(36)37)25(40)33-19(26(41)42)11-13-12-30-16-4-2-1-3-14(13)16/h1-4,12,15,17-19,30H,5-11,27H2,(H2,28,34)(H2,29,35)(H,31,38)(H,32,39)(H,33,40)(H,36,37)(H,41,42). The van der Waals surface area contributed by atoms with E-state index in [9.17, 15) is 38.7 Å². The number of hydrogen-bond donors (Lipinski definition) is 9. The smallest absolute Gasteiger partial charge is 0.326 e. The number of aromatic nitrogens is 1. The summed E-state index contributed by atoms with van der Waals surface area (Å²) in [4.78, 5) is 87.4. The fraction of sp³-hybridized carbons (Fsp3) is 0.423. The Labute approximate surface area is 239 Å². The lowest BCUT2D eigenvalue weighted by atomic mass is 10.0. The molecule has 1 heterocycles. The van der Waals surface area contributed by atoms with Crippen LogP contribution in [0.25, 0.3) is 10.9 Å². The van der Waals surface area contributed by atoms with Crippen molar-refractivity contribution in [3.63, 3.8) is 0 Å². The molecule has 12 N–H and O–H groups in total. The molecule has 2 aromatic rings. The third kappa shape index (κ3) is 10.5. The van der Waals surface area contributed by atoms with Crippen molar-refractivity contribution in [2.75, 3.05) is 0 Å². The van der Waals surface area contributed by atoms with Gasteiger partial charge in [0.1, 0.15) is 18.1 Å². The van der Waals surface area contributed by atoms with Gasteiger partial charge in [-0.25, -0.2) is 4.79 Å². The van der Waals surface area contributed by atoms with E-state index in [4.69, 9.17) is 22.3 Å². The molecule has 228 valence electrons. The van der Waals surface area contributed by atoms with Crippen LogP contribution in [0, 0.1) is 0 Å². The van der Waals surface area contributed by atoms with Crippen molar-refractivity contribution in [2.24, 2.45) is 17.2 Å². The van der Waals surface area contributed by atoms with Gasteiger partial charge in [0.25, 0.3) is 0 Å². The van der Waals surface area contributed by atoms with E-state index in [0.29, 0.717) is 5.56 Å². The lowest BCUT2D eigenvalue weighted by molar-refractivity contribution is -0.143. The zero-order valence-corrected chi connectivity index (χ0v) is 22.6. The van der Waals surface area contributed by atoms with Crippen LogP contribution in [-0.2, 0) is 40.0 Å². The molecule has 0 bridgehead atoms. The van der Waals surface area contributed by atoms with Crippen molar-refractivity contribution in [2.45, 2.75) is 69.1 Å². The predicted molar refractivity (Wildman–Crippen MR) is 147 cm³/mol. The van der Waals surface area contributed by atoms with E-state index in [0.717, 1.165) is 10.9 Å². The van der Waals surface area contributed by atoms with Crippen LogP contribution in [0.5, 0.6) is 0 Å². The Hall–Kier alpha value is -4.99. The lowest BCUT2D eigenvalue weighted by Gasteiger charge is -2.25. The Morgan fingerprint density at radius 1 is 0.738 bits per heavy atom. The van der Waals surface area contributed by atoms with Gasteiger partial charge in [-0.15, -0.1) is 0 Å². The van der Waals surface area contributed by atoms with Crippen LogP contribution >= 0.6 is 0 Å². The van der Waals surface area contributed by atoms with Crippen molar-refractivity contribution >= 4 is 52.4 Å². The molecule has 4 unspecified atom stereocenters. The number of carboxylic acid groups (broad SMARTS) is 2. The summed E-state index contributed by atoms with van der Waals surface area (Å²) in [5, 5.41) is 26.7. The van der Waals surface area contributed by atoms with Crippen molar-refractivity contribution < 1.29 is 43.8 Å². The number of fused-ring (bicyclic) bond motifs is 1. The minimum Gasteiger partial charge on any atom is -0.481 e. The van der Waals surface area contributed by atoms with Crippen LogP contribution in [0.3, 0.4) is 0 Å². The first kappa shape index (κ1) is 33.2. The van der Waals surface area contributed by atoms with Gasteiger partial charge in [0, 0.05) is 42.8 Å². The molecule has 0 fully saturated rings. The van der Waals surface area contributed by atoms with Crippen LogP contribution in [0.2, 0.25) is 0 Å². The normalized spacial score (nSPS) is 13.7. The van der Waals surface area contributed by atoms with E-state index >= 15 is 0 Å². The number of nitrogens with one attached hydrogen (secondary N) is 4. The van der Waals surface area contributed by atoms with Crippen molar-refractivity contribution in [3.05, 3.63) is 36.0 Å². The van der Waals surface area contributed by atoms with Gasteiger partial charge >= 0.3 is 11.9 Å². The number of rotatable bonds is 18. The molecular weight excluding hydrogens is 554 g/mol. The summed E-state index contributed by atoms with van der Waals surface area (Å²) in [6, 6.07) is 1.52. The second kappa shape index (κ2) is 15.7. The molecule has 5 amide bonds. The highest BCUT2D eigenvalue weighted by atomic mass is 16.4. The second-order valence-corrected chi connectivity index (χ2v) is 9.63. The van der Waals surface area contributed by atoms with Crippen molar-refractivity contribution in [3.8, 4) is 0 Å². The summed E-state index contributed by atoms with van der Waals surface area (Å²) in [6.07, 6.45) is -0.444. The minimum absolute atomic E-state index is 0.120. The third-order valence-corrected chi connectivity index (χ3v) is 6.34. The molecule has 1 aromatic heterocycles. The first-order chi connectivity index (χ1) is 19.8. The summed E-state index contributed by atoms with van der Waals surface area (Å²) in [5.74, 6) is -6.93. The number of H-pyrrole nitrogens is 1.